The highest BCUT2D eigenvalue weighted by atomic mass is 16.6. The first-order chi connectivity index (χ1) is 6.93. The fourth-order valence-corrected chi connectivity index (χ4v) is 1.51. The molecule has 0 heterocycles. The molecule has 0 bridgehead atoms. The molecule has 0 saturated carbocycles. The first kappa shape index (κ1) is 14.4. The van der Waals surface area contributed by atoms with Gasteiger partial charge >= 0.3 is 5.97 Å². The predicted molar refractivity (Wildman–Crippen MR) is 61.6 cm³/mol. The maximum atomic E-state index is 11.8. The first-order valence-corrected chi connectivity index (χ1v) is 5.47. The van der Waals surface area contributed by atoms with Gasteiger partial charge in [0.15, 0.2) is 6.23 Å². The summed E-state index contributed by atoms with van der Waals surface area (Å²) >= 11 is 0. The molecule has 0 aromatic carbocycles. The molecule has 0 fully saturated rings. The number of ether oxygens (including phenoxy) is 1. The second-order valence-electron chi connectivity index (χ2n) is 4.15. The van der Waals surface area contributed by atoms with Gasteiger partial charge in [0.25, 0.3) is 0 Å². The zero-order valence-corrected chi connectivity index (χ0v) is 10.8. The number of hydrogen-bond donors (Lipinski definition) is 0. The highest BCUT2D eigenvalue weighted by Crippen LogP contribution is 2.07. The first-order valence-electron chi connectivity index (χ1n) is 5.47. The van der Waals surface area contributed by atoms with Crippen LogP contribution in [0.5, 0.6) is 0 Å². The van der Waals surface area contributed by atoms with E-state index in [0.29, 0.717) is 0 Å². The van der Waals surface area contributed by atoms with Gasteiger partial charge in [-0.2, -0.15) is 0 Å². The molecule has 2 unspecified atom stereocenters. The average Bonchev–Trinajstić information content (AvgIpc) is 2.14. The fourth-order valence-electron chi connectivity index (χ4n) is 1.51. The maximum absolute atomic E-state index is 11.8. The molecule has 0 aromatic rings. The Morgan fingerprint density at radius 2 is 1.60 bits per heavy atom. The van der Waals surface area contributed by atoms with Gasteiger partial charge in [-0.3, -0.25) is 14.6 Å². The van der Waals surface area contributed by atoms with Crippen molar-refractivity contribution < 1.29 is 9.53 Å². The number of rotatable bonds is 6. The molecule has 0 N–H and O–H groups in total. The molecule has 15 heavy (non-hydrogen) atoms. The van der Waals surface area contributed by atoms with E-state index in [4.69, 9.17) is 4.74 Å². The van der Waals surface area contributed by atoms with Crippen LogP contribution in [0.2, 0.25) is 0 Å². The van der Waals surface area contributed by atoms with Crippen LogP contribution in [0.1, 0.15) is 26.7 Å². The van der Waals surface area contributed by atoms with Crippen LogP contribution in [-0.4, -0.2) is 56.2 Å². The number of carbonyl (C=O) groups is 1. The predicted octanol–water partition coefficient (Wildman–Crippen LogP) is 1.17. The Balaban J connectivity index is 4.31. The Kier molecular flexibility index (Phi) is 6.52. The largest absolute Gasteiger partial charge is 0.445 e. The van der Waals surface area contributed by atoms with Gasteiger partial charge < -0.3 is 4.74 Å². The lowest BCUT2D eigenvalue weighted by molar-refractivity contribution is -0.162. The summed E-state index contributed by atoms with van der Waals surface area (Å²) in [5.41, 5.74) is 0. The van der Waals surface area contributed by atoms with E-state index in [2.05, 4.69) is 0 Å². The van der Waals surface area contributed by atoms with Crippen LogP contribution < -0.4 is 0 Å². The summed E-state index contributed by atoms with van der Waals surface area (Å²) in [6.07, 6.45) is 1.46. The molecular formula is C11H24N2O2. The Morgan fingerprint density at radius 3 is 1.87 bits per heavy atom. The molecule has 0 spiro atoms. The molecule has 0 saturated heterocycles. The lowest BCUT2D eigenvalue weighted by Crippen LogP contribution is -2.41. The maximum Gasteiger partial charge on any atom is 0.324 e. The van der Waals surface area contributed by atoms with E-state index in [0.717, 1.165) is 12.8 Å². The van der Waals surface area contributed by atoms with Gasteiger partial charge in [-0.25, -0.2) is 0 Å². The molecule has 2 atom stereocenters. The van der Waals surface area contributed by atoms with E-state index in [1.165, 1.54) is 0 Å². The summed E-state index contributed by atoms with van der Waals surface area (Å²) in [5.74, 6) is -0.136. The van der Waals surface area contributed by atoms with E-state index >= 15 is 0 Å². The van der Waals surface area contributed by atoms with Gasteiger partial charge in [-0.15, -0.1) is 0 Å². The molecule has 0 aromatic heterocycles. The van der Waals surface area contributed by atoms with Crippen molar-refractivity contribution in [3.8, 4) is 0 Å². The minimum absolute atomic E-state index is 0.119. The summed E-state index contributed by atoms with van der Waals surface area (Å²) in [5, 5.41) is 0. The highest BCUT2D eigenvalue weighted by Gasteiger charge is 2.23. The van der Waals surface area contributed by atoms with Gasteiger partial charge in [0.2, 0.25) is 0 Å². The van der Waals surface area contributed by atoms with E-state index in [9.17, 15) is 4.79 Å². The van der Waals surface area contributed by atoms with Crippen LogP contribution >= 0.6 is 0 Å². The van der Waals surface area contributed by atoms with Crippen LogP contribution in [0.4, 0.5) is 0 Å². The molecule has 0 rings (SSSR count). The van der Waals surface area contributed by atoms with Crippen molar-refractivity contribution in [2.75, 3.05) is 28.2 Å². The Morgan fingerprint density at radius 1 is 1.07 bits per heavy atom. The summed E-state index contributed by atoms with van der Waals surface area (Å²) in [4.78, 5) is 15.6. The summed E-state index contributed by atoms with van der Waals surface area (Å²) in [6.45, 7) is 4.00. The van der Waals surface area contributed by atoms with Gasteiger partial charge in [0.05, 0.1) is 0 Å². The number of likely N-dealkylation sites (N-methyl/N-ethyl adjacent to an activating group) is 1. The minimum atomic E-state index is -0.140. The van der Waals surface area contributed by atoms with Crippen molar-refractivity contribution in [1.82, 2.24) is 9.80 Å². The molecule has 0 aliphatic carbocycles. The zero-order chi connectivity index (χ0) is 12.0. The van der Waals surface area contributed by atoms with Crippen LogP contribution in [0.25, 0.3) is 0 Å². The van der Waals surface area contributed by atoms with Crippen molar-refractivity contribution in [2.45, 2.75) is 39.0 Å². The number of esters is 1. The van der Waals surface area contributed by atoms with Gasteiger partial charge in [-0.05, 0) is 41.0 Å². The molecule has 0 radical (unpaired) electrons. The highest BCUT2D eigenvalue weighted by molar-refractivity contribution is 5.75. The third-order valence-corrected chi connectivity index (χ3v) is 2.46. The summed E-state index contributed by atoms with van der Waals surface area (Å²) < 4.78 is 5.42. The lowest BCUT2D eigenvalue weighted by Gasteiger charge is -2.27. The van der Waals surface area contributed by atoms with Crippen molar-refractivity contribution in [2.24, 2.45) is 0 Å². The second kappa shape index (κ2) is 6.80. The average molecular weight is 216 g/mol. The van der Waals surface area contributed by atoms with Crippen LogP contribution in [0.15, 0.2) is 0 Å². The third-order valence-electron chi connectivity index (χ3n) is 2.46. The van der Waals surface area contributed by atoms with Gasteiger partial charge in [0.1, 0.15) is 6.04 Å². The number of hydrogen-bond acceptors (Lipinski definition) is 4. The Hall–Kier alpha value is -0.610. The molecule has 90 valence electrons. The lowest BCUT2D eigenvalue weighted by atomic mass is 10.2. The quantitative estimate of drug-likeness (QED) is 0.493. The van der Waals surface area contributed by atoms with E-state index in [1.54, 1.807) is 0 Å². The molecule has 4 heteroatoms. The van der Waals surface area contributed by atoms with E-state index in [-0.39, 0.29) is 18.2 Å². The summed E-state index contributed by atoms with van der Waals surface area (Å²) in [7, 11) is 7.62. The number of carbonyl (C=O) groups excluding carboxylic acids is 1. The molecule has 0 aliphatic rings. The van der Waals surface area contributed by atoms with Gasteiger partial charge in [0, 0.05) is 0 Å². The van der Waals surface area contributed by atoms with Crippen LogP contribution in [-0.2, 0) is 9.53 Å². The minimum Gasteiger partial charge on any atom is -0.445 e. The van der Waals surface area contributed by atoms with Crippen molar-refractivity contribution >= 4 is 5.97 Å². The van der Waals surface area contributed by atoms with Gasteiger partial charge in [-0.1, -0.05) is 13.8 Å². The summed E-state index contributed by atoms with van der Waals surface area (Å²) in [6, 6.07) is -0.140. The van der Waals surface area contributed by atoms with Crippen molar-refractivity contribution in [3.63, 3.8) is 0 Å². The monoisotopic (exact) mass is 216 g/mol. The molecule has 0 amide bonds. The SMILES string of the molecule is CCC(OC(=O)C(CC)N(C)C)N(C)C. The Bertz CT molecular complexity index is 193. The van der Waals surface area contributed by atoms with E-state index < -0.39 is 0 Å². The smallest absolute Gasteiger partial charge is 0.324 e. The van der Waals surface area contributed by atoms with Crippen LogP contribution in [0.3, 0.4) is 0 Å². The normalized spacial score (nSPS) is 15.5. The fraction of sp³-hybridized carbons (Fsp3) is 0.909. The topological polar surface area (TPSA) is 32.8 Å². The standard InChI is InChI=1S/C11H24N2O2/c1-7-9(12(3)4)11(14)15-10(8-2)13(5)6/h9-10H,7-8H2,1-6H3. The second-order valence-corrected chi connectivity index (χ2v) is 4.15. The zero-order valence-electron chi connectivity index (χ0n) is 10.8. The molecule has 4 nitrogen and oxygen atoms in total. The van der Waals surface area contributed by atoms with Crippen molar-refractivity contribution in [1.29, 1.82) is 0 Å². The molecular weight excluding hydrogens is 192 g/mol. The van der Waals surface area contributed by atoms with Crippen molar-refractivity contribution in [3.05, 3.63) is 0 Å². The molecule has 0 aliphatic heterocycles. The Labute approximate surface area is 93.2 Å². The third kappa shape index (κ3) is 4.62. The van der Waals surface area contributed by atoms with E-state index in [1.807, 2.05) is 51.8 Å². The number of nitrogens with zero attached hydrogens (tertiary/aromatic N) is 2. The van der Waals surface area contributed by atoms with Crippen LogP contribution in [0, 0.1) is 0 Å².